The van der Waals surface area contributed by atoms with E-state index in [0.29, 0.717) is 0 Å². The molecule has 0 amide bonds. The molecule has 1 radical (unpaired) electrons. The van der Waals surface area contributed by atoms with Crippen LogP contribution in [0.1, 0.15) is 0 Å². The second kappa shape index (κ2) is 176. The number of rotatable bonds is 0. The third kappa shape index (κ3) is 1030. The summed E-state index contributed by atoms with van der Waals surface area (Å²) in [6.07, 6.45) is 0. The molecule has 0 unspecified atom stereocenters. The van der Waals surface area contributed by atoms with Crippen molar-refractivity contribution in [2.75, 3.05) is 0 Å². The fourth-order valence-corrected chi connectivity index (χ4v) is 0. The molecule has 0 aromatic heterocycles. The maximum Gasteiger partial charge on any atom is 1.00 e. The molecule has 16 N–H and O–H groups in total. The van der Waals surface area contributed by atoms with Gasteiger partial charge in [-0.25, -0.2) is 0 Å². The quantitative estimate of drug-likeness (QED) is 0.207. The largest absolute Gasteiger partial charge is 1.00 e. The molecule has 0 atom stereocenters. The van der Waals surface area contributed by atoms with Crippen molar-refractivity contribution in [3.05, 3.63) is 20.6 Å². The van der Waals surface area contributed by atoms with Gasteiger partial charge in [0.2, 0.25) is 0 Å². The molecule has 0 saturated heterocycles. The van der Waals surface area contributed by atoms with Crippen LogP contribution in [0.3, 0.4) is 0 Å². The molecule has 12 heavy (non-hydrogen) atoms. The van der Waals surface area contributed by atoms with Gasteiger partial charge in [0, 0.05) is 0 Å². The smallest absolute Gasteiger partial charge is 0.577 e. The fourth-order valence-electron chi connectivity index (χ4n) is 0. The van der Waals surface area contributed by atoms with E-state index in [4.69, 9.17) is 25.8 Å². The Morgan fingerprint density at radius 1 is 1.00 bits per heavy atom. The first-order chi connectivity index (χ1) is 2.73. The van der Waals surface area contributed by atoms with Crippen molar-refractivity contribution < 1.29 is 29.8 Å². The monoisotopic (exact) mass is 280 g/mol. The van der Waals surface area contributed by atoms with Crippen LogP contribution in [0.4, 0.5) is 0 Å². The van der Waals surface area contributed by atoms with E-state index < -0.39 is 5.09 Å². The standard InChI is InChI=1S/HNO3.NO.5H3N.Ru/c2-1(3)4;1-2;;;;;;/h(H,2,3,4);;5*1H3;/q;-1;;;;;;+1. The van der Waals surface area contributed by atoms with Gasteiger partial charge in [-0.2, -0.15) is 0 Å². The van der Waals surface area contributed by atoms with Crippen molar-refractivity contribution in [3.63, 3.8) is 0 Å². The third-order valence-corrected chi connectivity index (χ3v) is 0. The van der Waals surface area contributed by atoms with Gasteiger partial charge in [-0.15, -0.1) is 10.1 Å². The van der Waals surface area contributed by atoms with E-state index in [9.17, 15) is 0 Å². The molecule has 0 aliphatic heterocycles. The molecule has 0 fully saturated rings. The molecule has 0 spiro atoms. The normalized spacial score (nSPS) is 2.33. The van der Waals surface area contributed by atoms with Crippen LogP contribution in [-0.4, -0.2) is 10.3 Å². The van der Waals surface area contributed by atoms with Gasteiger partial charge in [-0.05, 0) is 0 Å². The zero-order chi connectivity index (χ0) is 5.58. The minimum absolute atomic E-state index is 0. The van der Waals surface area contributed by atoms with Gasteiger partial charge in [0.05, 0.1) is 0 Å². The summed E-state index contributed by atoms with van der Waals surface area (Å²) in [5, 5.41) is 13.6. The van der Waals surface area contributed by atoms with E-state index in [1.807, 2.05) is 0 Å². The third-order valence-electron chi connectivity index (χ3n) is 0. The first kappa shape index (κ1) is 113. The van der Waals surface area contributed by atoms with Crippen LogP contribution < -0.4 is 30.8 Å². The van der Waals surface area contributed by atoms with E-state index in [2.05, 4.69) is 0 Å². The Kier molecular flexibility index (Phi) is 1660. The van der Waals surface area contributed by atoms with Crippen LogP contribution >= 0.6 is 0 Å². The summed E-state index contributed by atoms with van der Waals surface area (Å²) < 4.78 is 0. The van der Waals surface area contributed by atoms with Crippen LogP contribution in [0, 0.1) is 15.0 Å². The van der Waals surface area contributed by atoms with Crippen LogP contribution in [0.5, 0.6) is 0 Å². The molecule has 0 rings (SSSR count). The molecule has 11 nitrogen and oxygen atoms in total. The van der Waals surface area contributed by atoms with Crippen molar-refractivity contribution in [1.29, 1.82) is 0 Å². The van der Waals surface area contributed by atoms with Crippen LogP contribution in [0.25, 0.3) is 5.59 Å². The molecule has 0 heterocycles. The van der Waals surface area contributed by atoms with Gasteiger partial charge in [-0.3, -0.25) is 0 Å². The number of nitroso groups, excluding NO2 is 1. The molecule has 0 aromatic carbocycles. The molecule has 83 valence electrons. The van der Waals surface area contributed by atoms with E-state index in [1.165, 1.54) is 0 Å². The van der Waals surface area contributed by atoms with Crippen LogP contribution in [0.2, 0.25) is 0 Å². The summed E-state index contributed by atoms with van der Waals surface area (Å²) in [5.41, 5.74) is 5.75. The Bertz CT molecular complexity index is 46.7. The maximum absolute atomic E-state index is 8.36. The topological polar surface area (TPSA) is 278 Å². The Balaban J connectivity index is -0.00000000317. The summed E-state index contributed by atoms with van der Waals surface area (Å²) in [6, 6.07) is 0. The average Bonchev–Trinajstić information content (AvgIpc) is 1.41. The Morgan fingerprint density at radius 2 is 1.00 bits per heavy atom. The van der Waals surface area contributed by atoms with E-state index in [0.717, 1.165) is 0 Å². The van der Waals surface area contributed by atoms with Crippen molar-refractivity contribution in [3.8, 4) is 0 Å². The van der Waals surface area contributed by atoms with Crippen LogP contribution in [0.15, 0.2) is 0 Å². The zero-order valence-corrected chi connectivity index (χ0v) is 8.19. The van der Waals surface area contributed by atoms with Crippen molar-refractivity contribution >= 4 is 0 Å². The van der Waals surface area contributed by atoms with Gasteiger partial charge in [-0.1, -0.05) is 0 Å². The fraction of sp³-hybridized carbons (Fsp3) is 0. The molecule has 0 aliphatic carbocycles. The molecule has 12 heteroatoms. The number of hydrogen-bond acceptors (Lipinski definition) is 8. The van der Waals surface area contributed by atoms with Crippen molar-refractivity contribution in [2.45, 2.75) is 0 Å². The summed E-state index contributed by atoms with van der Waals surface area (Å²) in [6.45, 7) is 0. The first-order valence-corrected chi connectivity index (χ1v) is 0.748. The second-order valence-electron chi connectivity index (χ2n) is 0.238. The minimum atomic E-state index is -1.50. The van der Waals surface area contributed by atoms with Gasteiger partial charge >= 0.3 is 19.5 Å². The van der Waals surface area contributed by atoms with E-state index in [1.54, 1.807) is 0 Å². The number of nitrogens with zero attached hydrogens (tertiary/aromatic N) is 2. The summed E-state index contributed by atoms with van der Waals surface area (Å²) in [7, 11) is 0. The second-order valence-corrected chi connectivity index (χ2v) is 0.238. The molecular formula is H16N7O4Ru. The van der Waals surface area contributed by atoms with Gasteiger partial charge in [0.15, 0.2) is 0 Å². The maximum atomic E-state index is 8.36. The van der Waals surface area contributed by atoms with E-state index in [-0.39, 0.29) is 50.2 Å². The van der Waals surface area contributed by atoms with Gasteiger partial charge in [0.25, 0.3) is 5.09 Å². The minimum Gasteiger partial charge on any atom is -0.577 e. The van der Waals surface area contributed by atoms with Crippen molar-refractivity contribution in [1.82, 2.24) is 30.8 Å². The Morgan fingerprint density at radius 3 is 1.00 bits per heavy atom. The first-order valence-electron chi connectivity index (χ1n) is 0.748. The van der Waals surface area contributed by atoms with Gasteiger partial charge in [0.1, 0.15) is 0 Å². The van der Waals surface area contributed by atoms with Gasteiger partial charge < -0.3 is 46.5 Å². The Labute approximate surface area is 81.8 Å². The molecule has 0 aromatic rings. The van der Waals surface area contributed by atoms with Crippen molar-refractivity contribution in [2.24, 2.45) is 0 Å². The predicted octanol–water partition coefficient (Wildman–Crippen LogP) is 0.782. The molecule has 0 saturated carbocycles. The molecule has 0 aliphatic rings. The number of hydrogen-bond donors (Lipinski definition) is 6. The van der Waals surface area contributed by atoms with E-state index >= 15 is 0 Å². The SMILES string of the molecule is N.N.N.N.N.O=[N+]([O-])O.[N-]=O.[Ru+]. The zero-order valence-electron chi connectivity index (χ0n) is 6.46. The van der Waals surface area contributed by atoms with Crippen LogP contribution in [-0.2, 0) is 19.5 Å². The summed E-state index contributed by atoms with van der Waals surface area (Å²) >= 11 is 0. The predicted molar refractivity (Wildman–Crippen MR) is 40.6 cm³/mol. The summed E-state index contributed by atoms with van der Waals surface area (Å²) in [4.78, 5) is 15.6. The molecule has 0 bridgehead atoms. The molecular weight excluding hydrogens is 263 g/mol. The Hall–Kier alpha value is -0.777. The average molecular weight is 279 g/mol. The summed E-state index contributed by atoms with van der Waals surface area (Å²) in [5.74, 6) is 0.